The Hall–Kier alpha value is -11.5. The monoisotopic (exact) mass is 1910 g/mol. The molecule has 19 atom stereocenters. The van der Waals surface area contributed by atoms with Gasteiger partial charge in [0.1, 0.15) is 7.20 Å². The van der Waals surface area contributed by atoms with Gasteiger partial charge in [0, 0.05) is 12.8 Å². The topological polar surface area (TPSA) is 698 Å². The lowest BCUT2D eigenvalue weighted by molar-refractivity contribution is -0.158. The van der Waals surface area contributed by atoms with Gasteiger partial charge in [-0.25, -0.2) is 0 Å². The Morgan fingerprint density at radius 2 is 0.496 bits per heavy atom. The minimum absolute atomic E-state index is 0. The molecule has 9 aliphatic carbocycles. The molecule has 9 saturated carbocycles. The minimum Gasteiger partial charge on any atom is -0.481 e. The number of carboxylic acid groups (broad SMARTS) is 2. The third kappa shape index (κ3) is 42.1. The number of amides is 10. The SMILES string of the molecule is C.C.C=C1C[C@@H](C(=O)OCC)[C@H](C(=O)OCC)C1.C=C1C[C@H](C(=O)O)[C@@H](C(=O)OCC)C1.C=C1C[C@H](C(=O)OCC)[C@H](C(=O)OCC)C1.C[B]N.[2H]N.[2H]NC(=O)[C@H]1CC(=C)C[C@@H]1C(=O)N[B]C.[2H]NC(=O)[C@H]1CC(=C)C[C@@H]1C(=O)O.[2H]NC(=O)[C@H]1CC(=C)C[C@@H]1C(=O)OCC.[2H]NC(=O)[C@H]1CC(=C)C[C@H]1C(=O)N[B]C.[2H]NC(=O)[C@H]1CC(=O)C[C@@H]1C(=O)N[B]C.[2H]NC(=O)[C@H]1CC2(CO2)C[C@@H]1C(=O)N[B]C. The van der Waals surface area contributed by atoms with E-state index in [2.05, 4.69) is 73.1 Å². The van der Waals surface area contributed by atoms with Crippen LogP contribution < -0.4 is 67.1 Å². The van der Waals surface area contributed by atoms with Crippen molar-refractivity contribution in [2.45, 2.75) is 212 Å². The zero-order valence-corrected chi connectivity index (χ0v) is 78.1. The molecule has 45 heteroatoms. The summed E-state index contributed by atoms with van der Waals surface area (Å²) in [5.74, 6) is -16.7. The van der Waals surface area contributed by atoms with Gasteiger partial charge in [0.15, 0.2) is 15.9 Å². The first-order valence-electron chi connectivity index (χ1n) is 47.2. The largest absolute Gasteiger partial charge is 0.481 e. The summed E-state index contributed by atoms with van der Waals surface area (Å²) in [6.45, 7) is 47.9. The van der Waals surface area contributed by atoms with Gasteiger partial charge in [0.05, 0.1) is 158 Å². The van der Waals surface area contributed by atoms with Gasteiger partial charge < -0.3 is 110 Å². The van der Waals surface area contributed by atoms with Crippen molar-refractivity contribution in [1.29, 1.82) is 0 Å². The molecule has 10 aliphatic rings. The molecule has 0 aromatic rings. The molecule has 1 saturated heterocycles. The summed E-state index contributed by atoms with van der Waals surface area (Å²) >= 11 is 0. The number of primary amides is 6. The summed E-state index contributed by atoms with van der Waals surface area (Å²) in [6, 6.07) is 0. The van der Waals surface area contributed by atoms with E-state index >= 15 is 0 Å². The van der Waals surface area contributed by atoms with Gasteiger partial charge in [-0.3, -0.25) is 91.1 Å². The lowest BCUT2D eigenvalue weighted by Crippen LogP contribution is -2.38. The van der Waals surface area contributed by atoms with E-state index in [1.807, 2.05) is 22.9 Å². The Bertz CT molecular complexity index is 3990. The molecule has 135 heavy (non-hydrogen) atoms. The molecule has 1 unspecified atom stereocenters. The highest BCUT2D eigenvalue weighted by molar-refractivity contribution is 6.36. The Morgan fingerprint density at radius 3 is 0.726 bits per heavy atom. The molecule has 5 radical (unpaired) electrons. The summed E-state index contributed by atoms with van der Waals surface area (Å²) in [4.78, 5) is 216. The molecule has 749 valence electrons. The van der Waals surface area contributed by atoms with Crippen LogP contribution in [0.4, 0.5) is 0 Å². The van der Waals surface area contributed by atoms with E-state index in [1.165, 1.54) is 14.8 Å². The standard InChI is InChI=1S/2C12H18O4.C10H15NO3.C10H14O4.C9H14BN2O3.2C9H14BN2O2.C8H12BN2O3.C8H11NO3.CH5BN.2CH4.H3N/c2*1-4-15-11(13)9-6-8(3)7-10(9)12(14)16-5-2;2*1-3-14-10(13)8-5-6(2)4-7(8)9(11)12;1-10-12-8(14)6-3-9(4-15-9)2-5(6)7(11)13;2*1-5-3-6(8(11)13)7(4-5)9(14)12-10-2;1-9-11-8(14)6-3-4(12)2-5(6)7(10)13;1-4-2-5(7(9)10)6(3-4)8(11)12;1-2-3;;;/h2*9-10H,3-7H2,1-2H3;7-8H,2-5H2,1H3,(H2,11,12);7-8H,2-5H2,1H3,(H,11,12);5-6H,2-4H2,1H3,(H2,11,13)(H,12,14);2*6-7H,1,3-4H2,2H3,(H2,11,13)(H,12,14);5-6H,2-3H2,1H3,(H2,10,13)(H,11,14);5-6H,1-3H2,(H2,9,10)(H,11,12);3H2,1H3;2*1H4;1H3/t9-,10+;9-,10-;2*7-,8-;5-,6-,9?;6-,7+;6-,7-;2*5-,6-;;;;/m.10000000..../s1/i/hD7. The third-order valence-corrected chi connectivity index (χ3v) is 22.8. The number of carboxylic acids is 2. The van der Waals surface area contributed by atoms with Crippen LogP contribution in [-0.2, 0) is 124 Å². The number of hydrogen-bond acceptors (Lipinski definition) is 28. The van der Waals surface area contributed by atoms with E-state index in [-0.39, 0.29) is 117 Å². The summed E-state index contributed by atoms with van der Waals surface area (Å²) < 4.78 is 80.7. The molecule has 0 aromatic carbocycles. The van der Waals surface area contributed by atoms with E-state index in [1.54, 1.807) is 109 Å². The van der Waals surface area contributed by atoms with Crippen LogP contribution in [-0.4, -0.2) is 212 Å². The van der Waals surface area contributed by atoms with Gasteiger partial charge in [0.2, 0.25) is 88.7 Å². The van der Waals surface area contributed by atoms with Crippen LogP contribution in [0.25, 0.3) is 0 Å². The zero-order valence-electron chi connectivity index (χ0n) is 85.1. The fourth-order valence-electron chi connectivity index (χ4n) is 16.5. The van der Waals surface area contributed by atoms with Crippen LogP contribution in [0.1, 0.15) is 172 Å². The third-order valence-electron chi connectivity index (χ3n) is 22.8. The molecule has 10 rings (SSSR count). The second-order valence-electron chi connectivity index (χ2n) is 32.7. The molecule has 40 nitrogen and oxygen atoms in total. The van der Waals surface area contributed by atoms with Crippen LogP contribution in [0.15, 0.2) is 85.1 Å². The Morgan fingerprint density at radius 1 is 0.333 bits per heavy atom. The molecule has 1 spiro atoms. The predicted octanol–water partition coefficient (Wildman–Crippen LogP) is 3.99. The van der Waals surface area contributed by atoms with Crippen molar-refractivity contribution < 1.29 is 144 Å². The lowest BCUT2D eigenvalue weighted by atomic mass is 9.91. The number of hydrogen-bond donors (Lipinski definition) is 14. The second kappa shape index (κ2) is 64.5. The first-order chi connectivity index (χ1) is 66.2. The highest BCUT2D eigenvalue weighted by Gasteiger charge is 2.58. The fourth-order valence-corrected chi connectivity index (χ4v) is 16.5. The molecule has 0 aromatic heterocycles. The van der Waals surface area contributed by atoms with Crippen LogP contribution >= 0.6 is 0 Å². The van der Waals surface area contributed by atoms with E-state index in [4.69, 9.17) is 58.9 Å². The maximum absolute atomic E-state index is 11.8. The van der Waals surface area contributed by atoms with Gasteiger partial charge in [-0.15, -0.1) is 0 Å². The average Bonchev–Trinajstić information content (AvgIpc) is 1.59. The number of nitrogens with two attached hydrogens (primary N) is 7. The van der Waals surface area contributed by atoms with Crippen LogP contribution in [0, 0.1) is 107 Å². The number of aliphatic carboxylic acids is 2. The number of ketones is 1. The lowest BCUT2D eigenvalue weighted by Gasteiger charge is -2.15. The summed E-state index contributed by atoms with van der Waals surface area (Å²) in [5, 5.41) is 27.8. The number of carbonyl (C=O) groups is 19. The normalized spacial score (nSPS) is 26.6. The molecule has 1 aliphatic heterocycles. The number of esters is 6. The van der Waals surface area contributed by atoms with Crippen LogP contribution in [0.5, 0.6) is 0 Å². The summed E-state index contributed by atoms with van der Waals surface area (Å²) in [7, 11) is 7.59. The molecule has 0 bridgehead atoms. The van der Waals surface area contributed by atoms with E-state index in [9.17, 15) is 91.1 Å². The van der Waals surface area contributed by atoms with Crippen molar-refractivity contribution in [2.75, 3.05) is 46.2 Å². The molecule has 10 amide bonds. The fraction of sp³-hybridized carbons (Fsp3) is 0.633. The van der Waals surface area contributed by atoms with Crippen molar-refractivity contribution in [3.05, 3.63) is 85.1 Å². The molecule has 23 N–H and O–H groups in total. The molecule has 1 heterocycles. The highest BCUT2D eigenvalue weighted by Crippen LogP contribution is 2.50. The number of rotatable bonds is 28. The number of epoxide rings is 1. The van der Waals surface area contributed by atoms with Crippen LogP contribution in [0.2, 0.25) is 44.0 Å². The first-order valence-corrected chi connectivity index (χ1v) is 43.6. The Balaban J connectivity index is -0.00000152. The minimum atomic E-state index is -0.993. The van der Waals surface area contributed by atoms with E-state index < -0.39 is 142 Å². The number of carbonyl (C=O) groups excluding carboxylic acids is 17. The van der Waals surface area contributed by atoms with E-state index in [0.717, 1.165) is 39.0 Å². The van der Waals surface area contributed by atoms with Crippen molar-refractivity contribution in [1.82, 2.24) is 27.1 Å². The summed E-state index contributed by atoms with van der Waals surface area (Å²) in [5.41, 5.74) is 21.3. The number of Topliss-reactive ketones (excluding diaryl/α,β-unsaturated/α-hetero) is 1. The molecular weight excluding hydrogens is 1750 g/mol. The number of ether oxygens (including phenoxy) is 7. The van der Waals surface area contributed by atoms with Gasteiger partial charge in [0.25, 0.3) is 0 Å². The van der Waals surface area contributed by atoms with Crippen molar-refractivity contribution in [3.8, 4) is 0 Å². The number of allylic oxidation sites excluding steroid dienone is 7. The summed E-state index contributed by atoms with van der Waals surface area (Å²) in [6.07, 6.45) is 11.6. The van der Waals surface area contributed by atoms with Gasteiger partial charge >= 0.3 is 47.8 Å². The van der Waals surface area contributed by atoms with Crippen molar-refractivity contribution in [3.63, 3.8) is 0 Å². The van der Waals surface area contributed by atoms with Gasteiger partial charge in [-0.05, 0) is 144 Å². The van der Waals surface area contributed by atoms with Crippen LogP contribution in [0.3, 0.4) is 0 Å². The Labute approximate surface area is 807 Å². The van der Waals surface area contributed by atoms with Gasteiger partial charge in [-0.2, -0.15) is 0 Å². The second-order valence-corrected chi connectivity index (χ2v) is 32.7. The first kappa shape index (κ1) is 114. The zero-order chi connectivity index (χ0) is 107. The average molecular weight is 1910 g/mol. The smallest absolute Gasteiger partial charge is 0.310 e. The predicted molar refractivity (Wildman–Crippen MR) is 507 cm³/mol. The molecule has 10 fully saturated rings. The van der Waals surface area contributed by atoms with E-state index in [0.29, 0.717) is 142 Å². The maximum Gasteiger partial charge on any atom is 0.310 e. The molecular formula is C90H146B5N12O28. The quantitative estimate of drug-likeness (QED) is 0.0173. The highest BCUT2D eigenvalue weighted by atomic mass is 16.6. The van der Waals surface area contributed by atoms with Crippen molar-refractivity contribution in [2.24, 2.45) is 147 Å². The maximum atomic E-state index is 11.8. The van der Waals surface area contributed by atoms with Gasteiger partial charge in [-0.1, -0.05) is 134 Å². The Kier molecular flexibility index (Phi) is 54.4. The van der Waals surface area contributed by atoms with Crippen molar-refractivity contribution >= 4 is 150 Å². The number of nitrogens with one attached hydrogen (secondary N) is 4.